The lowest BCUT2D eigenvalue weighted by atomic mass is 10.1. The van der Waals surface area contributed by atoms with Gasteiger partial charge in [0.2, 0.25) is 5.83 Å². The van der Waals surface area contributed by atoms with Gasteiger partial charge in [-0.2, -0.15) is 17.6 Å². The summed E-state index contributed by atoms with van der Waals surface area (Å²) in [6, 6.07) is 1.50. The first-order chi connectivity index (χ1) is 7.71. The predicted molar refractivity (Wildman–Crippen MR) is 48.1 cm³/mol. The highest BCUT2D eigenvalue weighted by molar-refractivity contribution is 5.89. The predicted octanol–water partition coefficient (Wildman–Crippen LogP) is 3.24. The average Bonchev–Trinajstić information content (AvgIpc) is 2.18. The molecule has 0 saturated carbocycles. The van der Waals surface area contributed by atoms with Crippen molar-refractivity contribution in [1.82, 2.24) is 0 Å². The quantitative estimate of drug-likeness (QED) is 0.648. The molecule has 1 N–H and O–H groups in total. The third-order valence-electron chi connectivity index (χ3n) is 1.81. The second-order valence-corrected chi connectivity index (χ2v) is 3.03. The first kappa shape index (κ1) is 13.1. The number of halogens is 5. The highest BCUT2D eigenvalue weighted by Crippen LogP contribution is 2.33. The van der Waals surface area contributed by atoms with Gasteiger partial charge in [-0.15, -0.1) is 0 Å². The summed E-state index contributed by atoms with van der Waals surface area (Å²) in [5, 5.41) is 8.19. The van der Waals surface area contributed by atoms with E-state index >= 15 is 0 Å². The molecule has 17 heavy (non-hydrogen) atoms. The molecule has 0 spiro atoms. The third-order valence-corrected chi connectivity index (χ3v) is 1.81. The highest BCUT2D eigenvalue weighted by atomic mass is 19.4. The molecule has 0 amide bonds. The van der Waals surface area contributed by atoms with Gasteiger partial charge in [0.1, 0.15) is 5.82 Å². The van der Waals surface area contributed by atoms with Crippen LogP contribution in [0, 0.1) is 5.82 Å². The van der Waals surface area contributed by atoms with E-state index in [-0.39, 0.29) is 12.1 Å². The van der Waals surface area contributed by atoms with E-state index in [0.29, 0.717) is 12.1 Å². The van der Waals surface area contributed by atoms with E-state index in [1.807, 2.05) is 0 Å². The second-order valence-electron chi connectivity index (χ2n) is 3.03. The van der Waals surface area contributed by atoms with Crippen LogP contribution in [0.4, 0.5) is 22.0 Å². The molecule has 7 heteroatoms. The van der Waals surface area contributed by atoms with Gasteiger partial charge in [-0.3, -0.25) is 0 Å². The summed E-state index contributed by atoms with van der Waals surface area (Å²) in [5.74, 6) is -4.91. The van der Waals surface area contributed by atoms with Crippen LogP contribution in [-0.2, 0) is 11.0 Å². The number of carboxylic acid groups (broad SMARTS) is 1. The zero-order valence-electron chi connectivity index (χ0n) is 8.05. The monoisotopic (exact) mass is 252 g/mol. The number of aliphatic carboxylic acids is 1. The lowest BCUT2D eigenvalue weighted by Gasteiger charge is -2.10. The molecular formula is C10H5F5O2. The van der Waals surface area contributed by atoms with Crippen molar-refractivity contribution in [3.05, 3.63) is 41.0 Å². The molecule has 0 bridgehead atoms. The van der Waals surface area contributed by atoms with Crippen molar-refractivity contribution in [2.75, 3.05) is 0 Å². The Bertz CT molecular complexity index is 476. The summed E-state index contributed by atoms with van der Waals surface area (Å²) in [6.45, 7) is 0. The van der Waals surface area contributed by atoms with Crippen LogP contribution in [0.1, 0.15) is 11.1 Å². The van der Waals surface area contributed by atoms with E-state index in [4.69, 9.17) is 5.11 Å². The summed E-state index contributed by atoms with van der Waals surface area (Å²) in [5.41, 5.74) is -2.19. The lowest BCUT2D eigenvalue weighted by molar-refractivity contribution is -0.138. The summed E-state index contributed by atoms with van der Waals surface area (Å²) in [7, 11) is 0. The number of carbonyl (C=O) groups is 1. The van der Waals surface area contributed by atoms with E-state index in [0.717, 1.165) is 0 Å². The van der Waals surface area contributed by atoms with Crippen LogP contribution in [0.15, 0.2) is 24.0 Å². The number of hydrogen-bond acceptors (Lipinski definition) is 1. The Morgan fingerprint density at radius 1 is 1.29 bits per heavy atom. The molecule has 0 saturated heterocycles. The number of alkyl halides is 3. The van der Waals surface area contributed by atoms with Crippen molar-refractivity contribution >= 4 is 12.0 Å². The van der Waals surface area contributed by atoms with E-state index in [1.54, 1.807) is 0 Å². The van der Waals surface area contributed by atoms with E-state index in [9.17, 15) is 26.7 Å². The largest absolute Gasteiger partial charge is 0.476 e. The fourth-order valence-corrected chi connectivity index (χ4v) is 1.10. The van der Waals surface area contributed by atoms with Crippen LogP contribution in [-0.4, -0.2) is 11.1 Å². The van der Waals surface area contributed by atoms with E-state index < -0.39 is 34.9 Å². The Kier molecular flexibility index (Phi) is 3.50. The minimum Gasteiger partial charge on any atom is -0.476 e. The third kappa shape index (κ3) is 3.27. The topological polar surface area (TPSA) is 37.3 Å². The zero-order valence-corrected chi connectivity index (χ0v) is 8.05. The van der Waals surface area contributed by atoms with Crippen molar-refractivity contribution in [2.24, 2.45) is 0 Å². The maximum atomic E-state index is 12.7. The maximum absolute atomic E-state index is 12.7. The highest BCUT2D eigenvalue weighted by Gasteiger charge is 2.33. The van der Waals surface area contributed by atoms with E-state index in [2.05, 4.69) is 0 Å². The Hall–Kier alpha value is -1.92. The molecule has 0 aromatic heterocycles. The van der Waals surface area contributed by atoms with Gasteiger partial charge in [0, 0.05) is 0 Å². The summed E-state index contributed by atoms with van der Waals surface area (Å²) < 4.78 is 62.6. The Morgan fingerprint density at radius 2 is 1.88 bits per heavy atom. The Labute approximate surface area is 92.0 Å². The number of benzene rings is 1. The molecule has 0 radical (unpaired) electrons. The molecule has 1 aromatic rings. The van der Waals surface area contributed by atoms with Gasteiger partial charge in [-0.05, 0) is 23.8 Å². The molecule has 92 valence electrons. The van der Waals surface area contributed by atoms with Gasteiger partial charge in [-0.1, -0.05) is 6.07 Å². The van der Waals surface area contributed by atoms with Crippen molar-refractivity contribution < 1.29 is 31.9 Å². The fraction of sp³-hybridized carbons (Fsp3) is 0.100. The Morgan fingerprint density at radius 3 is 2.35 bits per heavy atom. The molecule has 0 aliphatic heterocycles. The minimum absolute atomic E-state index is 0.168. The van der Waals surface area contributed by atoms with Gasteiger partial charge in [0.05, 0.1) is 5.56 Å². The summed E-state index contributed by atoms with van der Waals surface area (Å²) >= 11 is 0. The number of hydrogen-bond donors (Lipinski definition) is 1. The number of rotatable bonds is 2. The summed E-state index contributed by atoms with van der Waals surface area (Å²) in [6.07, 6.45) is -4.71. The molecule has 0 atom stereocenters. The average molecular weight is 252 g/mol. The zero-order chi connectivity index (χ0) is 13.2. The van der Waals surface area contributed by atoms with Crippen molar-refractivity contribution in [3.63, 3.8) is 0 Å². The Balaban J connectivity index is 3.35. The van der Waals surface area contributed by atoms with Crippen LogP contribution in [0.25, 0.3) is 6.08 Å². The molecule has 0 fully saturated rings. The van der Waals surface area contributed by atoms with Crippen LogP contribution >= 0.6 is 0 Å². The van der Waals surface area contributed by atoms with Gasteiger partial charge in [-0.25, -0.2) is 9.18 Å². The van der Waals surface area contributed by atoms with Crippen LogP contribution in [0.5, 0.6) is 0 Å². The van der Waals surface area contributed by atoms with Gasteiger partial charge in [0.25, 0.3) is 0 Å². The van der Waals surface area contributed by atoms with Crippen LogP contribution in [0.3, 0.4) is 0 Å². The van der Waals surface area contributed by atoms with Gasteiger partial charge >= 0.3 is 12.1 Å². The van der Waals surface area contributed by atoms with Crippen molar-refractivity contribution in [1.29, 1.82) is 0 Å². The minimum atomic E-state index is -4.90. The van der Waals surface area contributed by atoms with Crippen molar-refractivity contribution in [2.45, 2.75) is 6.18 Å². The smallest absolute Gasteiger partial charge is 0.417 e. The van der Waals surface area contributed by atoms with Crippen molar-refractivity contribution in [3.8, 4) is 0 Å². The lowest BCUT2D eigenvalue weighted by Crippen LogP contribution is -2.08. The first-order valence-electron chi connectivity index (χ1n) is 4.19. The first-order valence-corrected chi connectivity index (χ1v) is 4.19. The van der Waals surface area contributed by atoms with Gasteiger partial charge < -0.3 is 5.11 Å². The normalized spacial score (nSPS) is 12.6. The SMILES string of the molecule is O=C(O)/C(F)=C/c1ccc(F)cc1C(F)(F)F. The molecule has 1 aromatic carbocycles. The molecule has 1 rings (SSSR count). The molecule has 0 aliphatic rings. The molecule has 0 heterocycles. The summed E-state index contributed by atoms with van der Waals surface area (Å²) in [4.78, 5) is 10.1. The molecular weight excluding hydrogens is 247 g/mol. The standard InChI is InChI=1S/C10H5F5O2/c11-6-2-1-5(3-8(12)9(16)17)7(4-6)10(13,14)15/h1-4H,(H,16,17)/b8-3-. The van der Waals surface area contributed by atoms with Crippen LogP contribution in [0.2, 0.25) is 0 Å². The molecule has 0 aliphatic carbocycles. The maximum Gasteiger partial charge on any atom is 0.417 e. The molecule has 0 unspecified atom stereocenters. The van der Waals surface area contributed by atoms with E-state index in [1.165, 1.54) is 0 Å². The van der Waals surface area contributed by atoms with Gasteiger partial charge in [0.15, 0.2) is 0 Å². The molecule has 2 nitrogen and oxygen atoms in total. The number of carboxylic acids is 1. The van der Waals surface area contributed by atoms with Crippen LogP contribution < -0.4 is 0 Å². The fourth-order valence-electron chi connectivity index (χ4n) is 1.10. The second kappa shape index (κ2) is 4.52.